The van der Waals surface area contributed by atoms with E-state index >= 15 is 0 Å². The molecular weight excluding hydrogens is 349 g/mol. The zero-order chi connectivity index (χ0) is 15.6. The fraction of sp³-hybridized carbons (Fsp3) is 0. The molecule has 108 valence electrons. The number of aromatic nitrogens is 2. The lowest BCUT2D eigenvalue weighted by molar-refractivity contribution is -0.385. The highest BCUT2D eigenvalue weighted by molar-refractivity contribution is 9.10. The summed E-state index contributed by atoms with van der Waals surface area (Å²) in [6.07, 6.45) is 1.28. The second-order valence-corrected chi connectivity index (χ2v) is 4.61. The Morgan fingerprint density at radius 3 is 2.86 bits per heavy atom. The van der Waals surface area contributed by atoms with Crippen LogP contribution in [0.4, 0.5) is 10.1 Å². The number of nitro benzene ring substituents is 1. The summed E-state index contributed by atoms with van der Waals surface area (Å²) in [7, 11) is 0. The molecule has 2 aromatic rings. The van der Waals surface area contributed by atoms with Gasteiger partial charge >= 0.3 is 5.69 Å². The van der Waals surface area contributed by atoms with Gasteiger partial charge in [0.2, 0.25) is 11.6 Å². The molecule has 0 saturated carbocycles. The number of benzene rings is 1. The first kappa shape index (κ1) is 14.8. The molecule has 2 rings (SSSR count). The highest BCUT2D eigenvalue weighted by Gasteiger charge is 2.21. The van der Waals surface area contributed by atoms with Gasteiger partial charge < -0.3 is 10.5 Å². The van der Waals surface area contributed by atoms with Gasteiger partial charge in [0.05, 0.1) is 21.2 Å². The number of ether oxygens (including phenoxy) is 1. The van der Waals surface area contributed by atoms with Crippen molar-refractivity contribution < 1.29 is 14.1 Å². The molecule has 3 N–H and O–H groups in total. The summed E-state index contributed by atoms with van der Waals surface area (Å²) in [6.45, 7) is 0. The van der Waals surface area contributed by atoms with Gasteiger partial charge in [-0.3, -0.25) is 15.5 Å². The summed E-state index contributed by atoms with van der Waals surface area (Å²) < 4.78 is 18.7. The van der Waals surface area contributed by atoms with Crippen LogP contribution in [0.15, 0.2) is 28.9 Å². The van der Waals surface area contributed by atoms with Crippen molar-refractivity contribution in [3.05, 3.63) is 50.4 Å². The van der Waals surface area contributed by atoms with Crippen molar-refractivity contribution in [2.45, 2.75) is 0 Å². The molecule has 0 aliphatic carbocycles. The zero-order valence-corrected chi connectivity index (χ0v) is 11.8. The first-order valence-corrected chi connectivity index (χ1v) is 6.17. The molecule has 0 unspecified atom stereocenters. The average Bonchev–Trinajstić information content (AvgIpc) is 2.42. The van der Waals surface area contributed by atoms with Gasteiger partial charge in [-0.25, -0.2) is 4.39 Å². The summed E-state index contributed by atoms with van der Waals surface area (Å²) in [4.78, 5) is 10.2. The predicted octanol–water partition coefficient (Wildman–Crippen LogP) is 2.36. The van der Waals surface area contributed by atoms with Crippen molar-refractivity contribution in [3.63, 3.8) is 0 Å². The maximum absolute atomic E-state index is 13.5. The molecule has 0 saturated heterocycles. The van der Waals surface area contributed by atoms with Crippen molar-refractivity contribution >= 4 is 27.5 Å². The summed E-state index contributed by atoms with van der Waals surface area (Å²) in [5, 5.41) is 25.5. The van der Waals surface area contributed by atoms with Crippen LogP contribution < -0.4 is 10.5 Å². The maximum atomic E-state index is 13.5. The molecule has 1 aromatic heterocycles. The van der Waals surface area contributed by atoms with E-state index in [-0.39, 0.29) is 27.5 Å². The average molecular weight is 356 g/mol. The van der Waals surface area contributed by atoms with Crippen LogP contribution in [0.25, 0.3) is 0 Å². The molecule has 0 amide bonds. The zero-order valence-electron chi connectivity index (χ0n) is 10.2. The Morgan fingerprint density at radius 1 is 1.52 bits per heavy atom. The number of nitrogens with one attached hydrogen (secondary N) is 1. The van der Waals surface area contributed by atoms with Crippen LogP contribution in [0, 0.1) is 21.3 Å². The van der Waals surface area contributed by atoms with Crippen LogP contribution in [0.1, 0.15) is 5.56 Å². The number of amidine groups is 1. The lowest BCUT2D eigenvalue weighted by Crippen LogP contribution is -2.13. The van der Waals surface area contributed by atoms with E-state index in [1.54, 1.807) is 0 Å². The van der Waals surface area contributed by atoms with Crippen LogP contribution >= 0.6 is 15.9 Å². The topological polar surface area (TPSA) is 128 Å². The number of hydrogen-bond acceptors (Lipinski definition) is 6. The SMILES string of the molecule is N=C(N)c1ccnnc1Oc1cc(F)c(Br)cc1[N+](=O)[O-]. The van der Waals surface area contributed by atoms with Gasteiger partial charge in [0, 0.05) is 12.1 Å². The molecule has 21 heavy (non-hydrogen) atoms. The van der Waals surface area contributed by atoms with Crippen molar-refractivity contribution in [1.29, 1.82) is 5.41 Å². The number of nitrogens with zero attached hydrogens (tertiary/aromatic N) is 3. The minimum atomic E-state index is -0.746. The second kappa shape index (κ2) is 5.79. The standard InChI is InChI=1S/C11H7BrFN5O3/c12-6-3-8(18(19)20)9(4-7(6)13)21-11-5(10(14)15)1-2-16-17-11/h1-4H,(H3,14,15). The number of hydrogen-bond donors (Lipinski definition) is 2. The third kappa shape index (κ3) is 3.11. The van der Waals surface area contributed by atoms with Gasteiger partial charge in [-0.05, 0) is 22.0 Å². The molecular formula is C11H7BrFN5O3. The molecule has 0 fully saturated rings. The quantitative estimate of drug-likeness (QED) is 0.375. The van der Waals surface area contributed by atoms with E-state index in [0.717, 1.165) is 12.1 Å². The van der Waals surface area contributed by atoms with E-state index in [1.807, 2.05) is 0 Å². The molecule has 0 bridgehead atoms. The molecule has 0 aliphatic heterocycles. The van der Waals surface area contributed by atoms with Crippen molar-refractivity contribution in [1.82, 2.24) is 10.2 Å². The molecule has 10 heteroatoms. The van der Waals surface area contributed by atoms with Gasteiger partial charge in [0.1, 0.15) is 11.7 Å². The first-order chi connectivity index (χ1) is 9.90. The van der Waals surface area contributed by atoms with Crippen molar-refractivity contribution in [2.75, 3.05) is 0 Å². The third-order valence-electron chi connectivity index (χ3n) is 2.38. The number of nitrogen functional groups attached to an aromatic ring is 1. The van der Waals surface area contributed by atoms with Gasteiger partial charge in [-0.2, -0.15) is 5.10 Å². The number of nitrogens with two attached hydrogens (primary N) is 1. The Bertz CT molecular complexity index is 740. The van der Waals surface area contributed by atoms with E-state index in [0.29, 0.717) is 0 Å². The van der Waals surface area contributed by atoms with Gasteiger partial charge in [0.25, 0.3) is 0 Å². The van der Waals surface area contributed by atoms with E-state index < -0.39 is 16.4 Å². The van der Waals surface area contributed by atoms with Crippen molar-refractivity contribution in [3.8, 4) is 11.6 Å². The van der Waals surface area contributed by atoms with E-state index in [4.69, 9.17) is 15.9 Å². The number of halogens is 2. The first-order valence-electron chi connectivity index (χ1n) is 5.37. The highest BCUT2D eigenvalue weighted by Crippen LogP contribution is 2.35. The molecule has 0 spiro atoms. The molecule has 1 aromatic carbocycles. The Hall–Kier alpha value is -2.62. The minimum absolute atomic E-state index is 0.0764. The summed E-state index contributed by atoms with van der Waals surface area (Å²) >= 11 is 2.85. The monoisotopic (exact) mass is 355 g/mol. The molecule has 0 radical (unpaired) electrons. The summed E-state index contributed by atoms with van der Waals surface area (Å²) in [5.74, 6) is -1.71. The lowest BCUT2D eigenvalue weighted by atomic mass is 10.2. The van der Waals surface area contributed by atoms with E-state index in [1.165, 1.54) is 12.3 Å². The number of rotatable bonds is 4. The Labute approximate surface area is 125 Å². The normalized spacial score (nSPS) is 10.2. The predicted molar refractivity (Wildman–Crippen MR) is 73.9 cm³/mol. The molecule has 8 nitrogen and oxygen atoms in total. The largest absolute Gasteiger partial charge is 0.429 e. The Balaban J connectivity index is 2.52. The van der Waals surface area contributed by atoms with Crippen LogP contribution in [0.5, 0.6) is 11.6 Å². The Morgan fingerprint density at radius 2 is 2.24 bits per heavy atom. The van der Waals surface area contributed by atoms with E-state index in [2.05, 4.69) is 26.1 Å². The smallest absolute Gasteiger partial charge is 0.312 e. The van der Waals surface area contributed by atoms with Crippen LogP contribution in [-0.2, 0) is 0 Å². The summed E-state index contributed by atoms with van der Waals surface area (Å²) in [6, 6.07) is 3.15. The fourth-order valence-electron chi connectivity index (χ4n) is 1.45. The van der Waals surface area contributed by atoms with Gasteiger partial charge in [-0.15, -0.1) is 5.10 Å². The second-order valence-electron chi connectivity index (χ2n) is 3.76. The summed E-state index contributed by atoms with van der Waals surface area (Å²) in [5.41, 5.74) is 4.96. The molecule has 1 heterocycles. The van der Waals surface area contributed by atoms with Gasteiger partial charge in [-0.1, -0.05) is 0 Å². The van der Waals surface area contributed by atoms with Crippen LogP contribution in [-0.4, -0.2) is 21.0 Å². The Kier molecular flexibility index (Phi) is 4.08. The fourth-order valence-corrected chi connectivity index (χ4v) is 1.78. The molecule has 0 aliphatic rings. The van der Waals surface area contributed by atoms with Crippen LogP contribution in [0.2, 0.25) is 0 Å². The minimum Gasteiger partial charge on any atom is -0.429 e. The van der Waals surface area contributed by atoms with E-state index in [9.17, 15) is 14.5 Å². The third-order valence-corrected chi connectivity index (χ3v) is 2.99. The van der Waals surface area contributed by atoms with Crippen molar-refractivity contribution in [2.24, 2.45) is 5.73 Å². The maximum Gasteiger partial charge on any atom is 0.312 e. The van der Waals surface area contributed by atoms with Gasteiger partial charge in [0.15, 0.2) is 0 Å². The highest BCUT2D eigenvalue weighted by atomic mass is 79.9. The number of nitro groups is 1. The lowest BCUT2D eigenvalue weighted by Gasteiger charge is -2.08. The van der Waals surface area contributed by atoms with Crippen LogP contribution in [0.3, 0.4) is 0 Å². The molecule has 0 atom stereocenters.